The number of carboxylic acids is 1. The molecule has 4 nitrogen and oxygen atoms in total. The predicted molar refractivity (Wildman–Crippen MR) is 63.5 cm³/mol. The second-order valence-corrected chi connectivity index (χ2v) is 6.76. The maximum Gasteiger partial charge on any atom is 0.311 e. The fraction of sp³-hybridized carbons (Fsp3) is 0.417. The third kappa shape index (κ3) is 2.69. The first-order valence-electron chi connectivity index (χ1n) is 5.58. The minimum absolute atomic E-state index is 0.0304. The maximum atomic E-state index is 12.8. The Balaban J connectivity index is 2.30. The van der Waals surface area contributed by atoms with Gasteiger partial charge in [0.2, 0.25) is 0 Å². The summed E-state index contributed by atoms with van der Waals surface area (Å²) in [5.74, 6) is -2.91. The topological polar surface area (TPSA) is 71.4 Å². The van der Waals surface area contributed by atoms with E-state index in [1.165, 1.54) is 24.3 Å². The molecule has 1 saturated heterocycles. The van der Waals surface area contributed by atoms with Crippen molar-refractivity contribution in [1.82, 2.24) is 0 Å². The van der Waals surface area contributed by atoms with Crippen LogP contribution in [0.1, 0.15) is 17.9 Å². The molecule has 1 N–H and O–H groups in total. The van der Waals surface area contributed by atoms with Crippen molar-refractivity contribution in [3.63, 3.8) is 0 Å². The van der Waals surface area contributed by atoms with Crippen LogP contribution in [0.15, 0.2) is 24.3 Å². The molecule has 1 aliphatic heterocycles. The van der Waals surface area contributed by atoms with Gasteiger partial charge in [0.15, 0.2) is 9.84 Å². The molecule has 18 heavy (non-hydrogen) atoms. The predicted octanol–water partition coefficient (Wildman–Crippen LogP) is 1.43. The summed E-state index contributed by atoms with van der Waals surface area (Å²) in [4.78, 5) is 11.3. The number of hydrogen-bond donors (Lipinski definition) is 1. The zero-order valence-electron chi connectivity index (χ0n) is 9.54. The van der Waals surface area contributed by atoms with Crippen molar-refractivity contribution < 1.29 is 22.7 Å². The van der Waals surface area contributed by atoms with Crippen LogP contribution in [0.3, 0.4) is 0 Å². The maximum absolute atomic E-state index is 12.8. The van der Waals surface area contributed by atoms with E-state index in [1.54, 1.807) is 0 Å². The van der Waals surface area contributed by atoms with Crippen LogP contribution in [0.5, 0.6) is 0 Å². The van der Waals surface area contributed by atoms with Crippen LogP contribution < -0.4 is 0 Å². The molecule has 0 amide bonds. The summed E-state index contributed by atoms with van der Waals surface area (Å²) >= 11 is 0. The summed E-state index contributed by atoms with van der Waals surface area (Å²) in [6.45, 7) is 0. The lowest BCUT2D eigenvalue weighted by molar-refractivity contribution is -0.140. The van der Waals surface area contributed by atoms with Gasteiger partial charge in [-0.3, -0.25) is 4.79 Å². The van der Waals surface area contributed by atoms with Gasteiger partial charge in [-0.2, -0.15) is 0 Å². The molecule has 1 aliphatic rings. The largest absolute Gasteiger partial charge is 0.481 e. The Bertz CT molecular complexity index is 550. The summed E-state index contributed by atoms with van der Waals surface area (Å²) < 4.78 is 35.6. The first-order valence-corrected chi connectivity index (χ1v) is 7.40. The normalized spacial score (nSPS) is 23.7. The van der Waals surface area contributed by atoms with Crippen LogP contribution in [0, 0.1) is 11.7 Å². The smallest absolute Gasteiger partial charge is 0.311 e. The minimum Gasteiger partial charge on any atom is -0.481 e. The minimum atomic E-state index is -3.13. The van der Waals surface area contributed by atoms with Gasteiger partial charge in [-0.15, -0.1) is 0 Å². The van der Waals surface area contributed by atoms with Crippen LogP contribution in [0.25, 0.3) is 0 Å². The Morgan fingerprint density at radius 2 is 1.94 bits per heavy atom. The first kappa shape index (κ1) is 13.0. The highest BCUT2D eigenvalue weighted by molar-refractivity contribution is 7.91. The Kier molecular flexibility index (Phi) is 3.38. The van der Waals surface area contributed by atoms with E-state index in [2.05, 4.69) is 0 Å². The van der Waals surface area contributed by atoms with E-state index in [4.69, 9.17) is 0 Å². The van der Waals surface area contributed by atoms with Crippen LogP contribution >= 0.6 is 0 Å². The zero-order chi connectivity index (χ0) is 13.3. The van der Waals surface area contributed by atoms with Gasteiger partial charge in [0, 0.05) is 0 Å². The summed E-state index contributed by atoms with van der Waals surface area (Å²) in [5, 5.41) is 9.24. The highest BCUT2D eigenvalue weighted by Gasteiger charge is 2.38. The number of aliphatic carboxylic acids is 1. The molecule has 98 valence electrons. The SMILES string of the molecule is O=C(O)C(c1ccc(F)cc1)C1CCS(=O)(=O)C1. The van der Waals surface area contributed by atoms with E-state index in [1.807, 2.05) is 0 Å². The Labute approximate surface area is 104 Å². The van der Waals surface area contributed by atoms with Gasteiger partial charge in [0.1, 0.15) is 5.82 Å². The number of hydrogen-bond acceptors (Lipinski definition) is 3. The molecule has 0 aliphatic carbocycles. The summed E-state index contributed by atoms with van der Waals surface area (Å²) in [5.41, 5.74) is 0.450. The van der Waals surface area contributed by atoms with Gasteiger partial charge < -0.3 is 5.11 Å². The number of halogens is 1. The molecule has 1 heterocycles. The average molecular weight is 272 g/mol. The lowest BCUT2D eigenvalue weighted by Gasteiger charge is -2.18. The fourth-order valence-corrected chi connectivity index (χ4v) is 4.21. The Morgan fingerprint density at radius 1 is 1.33 bits per heavy atom. The molecule has 2 unspecified atom stereocenters. The van der Waals surface area contributed by atoms with Crippen LogP contribution in [-0.2, 0) is 14.6 Å². The van der Waals surface area contributed by atoms with E-state index in [0.717, 1.165) is 0 Å². The third-order valence-corrected chi connectivity index (χ3v) is 5.03. The number of rotatable bonds is 3. The number of carboxylic acid groups (broad SMARTS) is 1. The van der Waals surface area contributed by atoms with Crippen LogP contribution in [0.2, 0.25) is 0 Å². The van der Waals surface area contributed by atoms with Crippen molar-refractivity contribution in [3.05, 3.63) is 35.6 Å². The molecule has 1 fully saturated rings. The van der Waals surface area contributed by atoms with Crippen molar-refractivity contribution >= 4 is 15.8 Å². The van der Waals surface area contributed by atoms with Crippen molar-refractivity contribution in [2.75, 3.05) is 11.5 Å². The van der Waals surface area contributed by atoms with Crippen molar-refractivity contribution in [3.8, 4) is 0 Å². The quantitative estimate of drug-likeness (QED) is 0.903. The van der Waals surface area contributed by atoms with E-state index < -0.39 is 33.5 Å². The van der Waals surface area contributed by atoms with E-state index in [-0.39, 0.29) is 11.5 Å². The fourth-order valence-electron chi connectivity index (χ4n) is 2.37. The zero-order valence-corrected chi connectivity index (χ0v) is 10.4. The van der Waals surface area contributed by atoms with Gasteiger partial charge >= 0.3 is 5.97 Å². The van der Waals surface area contributed by atoms with E-state index >= 15 is 0 Å². The molecule has 0 saturated carbocycles. The van der Waals surface area contributed by atoms with Gasteiger partial charge in [0.25, 0.3) is 0 Å². The van der Waals surface area contributed by atoms with Crippen molar-refractivity contribution in [2.24, 2.45) is 5.92 Å². The van der Waals surface area contributed by atoms with Gasteiger partial charge in [-0.1, -0.05) is 12.1 Å². The molecule has 1 aromatic carbocycles. The summed E-state index contributed by atoms with van der Waals surface area (Å²) in [7, 11) is -3.13. The van der Waals surface area contributed by atoms with E-state index in [9.17, 15) is 22.7 Å². The molecular weight excluding hydrogens is 259 g/mol. The lowest BCUT2D eigenvalue weighted by atomic mass is 9.86. The highest BCUT2D eigenvalue weighted by atomic mass is 32.2. The van der Waals surface area contributed by atoms with Crippen molar-refractivity contribution in [2.45, 2.75) is 12.3 Å². The molecule has 2 atom stereocenters. The molecule has 0 aromatic heterocycles. The molecule has 6 heteroatoms. The molecular formula is C12H13FO4S. The lowest BCUT2D eigenvalue weighted by Crippen LogP contribution is -2.22. The van der Waals surface area contributed by atoms with E-state index in [0.29, 0.717) is 12.0 Å². The number of sulfone groups is 1. The Hall–Kier alpha value is -1.43. The monoisotopic (exact) mass is 272 g/mol. The number of carbonyl (C=O) groups is 1. The van der Waals surface area contributed by atoms with Crippen LogP contribution in [-0.4, -0.2) is 31.0 Å². The standard InChI is InChI=1S/C12H13FO4S/c13-10-3-1-8(2-4-10)11(12(14)15)9-5-6-18(16,17)7-9/h1-4,9,11H,5-7H2,(H,14,15). The summed E-state index contributed by atoms with van der Waals surface area (Å²) in [6, 6.07) is 5.18. The molecule has 0 radical (unpaired) electrons. The Morgan fingerprint density at radius 3 is 2.39 bits per heavy atom. The van der Waals surface area contributed by atoms with Crippen LogP contribution in [0.4, 0.5) is 4.39 Å². The highest BCUT2D eigenvalue weighted by Crippen LogP contribution is 2.33. The second-order valence-electron chi connectivity index (χ2n) is 4.53. The third-order valence-electron chi connectivity index (χ3n) is 3.23. The van der Waals surface area contributed by atoms with Gasteiger partial charge in [0.05, 0.1) is 17.4 Å². The van der Waals surface area contributed by atoms with Gasteiger partial charge in [-0.25, -0.2) is 12.8 Å². The first-order chi connectivity index (χ1) is 8.39. The molecule has 0 spiro atoms. The van der Waals surface area contributed by atoms with Gasteiger partial charge in [-0.05, 0) is 30.0 Å². The molecule has 2 rings (SSSR count). The molecule has 0 bridgehead atoms. The second kappa shape index (κ2) is 4.68. The molecule has 1 aromatic rings. The average Bonchev–Trinajstić information content (AvgIpc) is 2.61. The number of benzene rings is 1. The summed E-state index contributed by atoms with van der Waals surface area (Å²) in [6.07, 6.45) is 0.344. The van der Waals surface area contributed by atoms with Crippen molar-refractivity contribution in [1.29, 1.82) is 0 Å².